The van der Waals surface area contributed by atoms with Gasteiger partial charge in [0.1, 0.15) is 16.8 Å². The lowest BCUT2D eigenvalue weighted by Gasteiger charge is -2.12. The third-order valence-electron chi connectivity index (χ3n) is 4.97. The molecule has 0 aliphatic rings. The number of carbonyl (C=O) groups is 1. The number of halogens is 2. The van der Waals surface area contributed by atoms with Gasteiger partial charge in [-0.25, -0.2) is 9.97 Å². The van der Waals surface area contributed by atoms with Crippen LogP contribution >= 0.6 is 46.3 Å². The number of hydrogen-bond acceptors (Lipinski definition) is 7. The fraction of sp³-hybridized carbons (Fsp3) is 0.120. The summed E-state index contributed by atoms with van der Waals surface area (Å²) >= 11 is 14.8. The molecule has 0 saturated carbocycles. The van der Waals surface area contributed by atoms with Gasteiger partial charge < -0.3 is 10.1 Å². The fourth-order valence-electron chi connectivity index (χ4n) is 3.12. The molecule has 0 aliphatic heterocycles. The van der Waals surface area contributed by atoms with E-state index in [1.807, 2.05) is 29.6 Å². The van der Waals surface area contributed by atoms with E-state index in [0.717, 1.165) is 16.9 Å². The number of nitrogens with one attached hydrogen (secondary N) is 1. The molecule has 10 heteroatoms. The van der Waals surface area contributed by atoms with Crippen LogP contribution in [0.15, 0.2) is 65.0 Å². The summed E-state index contributed by atoms with van der Waals surface area (Å²) in [6, 6.07) is 18.3. The van der Waals surface area contributed by atoms with Gasteiger partial charge in [0.05, 0.1) is 34.3 Å². The number of nitrogens with zero attached hydrogens (tertiary/aromatic N) is 3. The Morgan fingerprint density at radius 3 is 2.57 bits per heavy atom. The van der Waals surface area contributed by atoms with E-state index in [2.05, 4.69) is 21.4 Å². The first-order valence-corrected chi connectivity index (χ1v) is 12.8. The summed E-state index contributed by atoms with van der Waals surface area (Å²) in [6.07, 6.45) is 0. The number of amides is 1. The quantitative estimate of drug-likeness (QED) is 0.250. The standard InChI is InChI=1S/C25H18Cl2N4O2S2/c1-14(23(32)31-25-30-22(13-34-25)19-9-6-17(26)11-20(19)27)35-24-16(12-28)5-10-21(29-24)15-3-7-18(33-2)8-4-15/h3-11,13-14H,1-2H3,(H,30,31,32). The van der Waals surface area contributed by atoms with Gasteiger partial charge in [-0.05, 0) is 61.5 Å². The van der Waals surface area contributed by atoms with Crippen molar-refractivity contribution in [3.05, 3.63) is 75.6 Å². The molecule has 176 valence electrons. The van der Waals surface area contributed by atoms with Gasteiger partial charge in [-0.3, -0.25) is 4.79 Å². The molecule has 0 radical (unpaired) electrons. The Hall–Kier alpha value is -3.09. The highest BCUT2D eigenvalue weighted by Gasteiger charge is 2.20. The number of aromatic nitrogens is 2. The second-order valence-electron chi connectivity index (χ2n) is 7.30. The minimum Gasteiger partial charge on any atom is -0.497 e. The van der Waals surface area contributed by atoms with Crippen LogP contribution in [-0.2, 0) is 4.79 Å². The molecule has 1 atom stereocenters. The molecule has 2 aromatic heterocycles. The highest BCUT2D eigenvalue weighted by molar-refractivity contribution is 8.00. The van der Waals surface area contributed by atoms with Gasteiger partial charge >= 0.3 is 0 Å². The van der Waals surface area contributed by atoms with Crippen molar-refractivity contribution in [2.45, 2.75) is 17.2 Å². The minimum atomic E-state index is -0.521. The van der Waals surface area contributed by atoms with E-state index >= 15 is 0 Å². The Labute approximate surface area is 220 Å². The van der Waals surface area contributed by atoms with Crippen LogP contribution in [0.4, 0.5) is 5.13 Å². The number of rotatable bonds is 7. The summed E-state index contributed by atoms with van der Waals surface area (Å²) in [5.74, 6) is 0.490. The van der Waals surface area contributed by atoms with Crippen LogP contribution in [0.2, 0.25) is 10.0 Å². The van der Waals surface area contributed by atoms with Crippen LogP contribution in [0.25, 0.3) is 22.5 Å². The molecule has 0 fully saturated rings. The van der Waals surface area contributed by atoms with Crippen LogP contribution in [-0.4, -0.2) is 28.2 Å². The molecular weight excluding hydrogens is 523 g/mol. The Balaban J connectivity index is 1.48. The van der Waals surface area contributed by atoms with E-state index in [4.69, 9.17) is 27.9 Å². The Morgan fingerprint density at radius 2 is 1.89 bits per heavy atom. The molecule has 1 N–H and O–H groups in total. The number of nitriles is 1. The molecule has 35 heavy (non-hydrogen) atoms. The van der Waals surface area contributed by atoms with Crippen molar-refractivity contribution in [1.29, 1.82) is 5.26 Å². The van der Waals surface area contributed by atoms with Crippen LogP contribution in [0, 0.1) is 11.3 Å². The van der Waals surface area contributed by atoms with Crippen LogP contribution in [0.3, 0.4) is 0 Å². The molecular formula is C25H18Cl2N4O2S2. The molecule has 2 aromatic carbocycles. The highest BCUT2D eigenvalue weighted by atomic mass is 35.5. The van der Waals surface area contributed by atoms with Crippen molar-refractivity contribution in [3.63, 3.8) is 0 Å². The summed E-state index contributed by atoms with van der Waals surface area (Å²) in [5.41, 5.74) is 3.36. The lowest BCUT2D eigenvalue weighted by atomic mass is 10.1. The number of benzene rings is 2. The molecule has 1 unspecified atom stereocenters. The molecule has 0 spiro atoms. The van der Waals surface area contributed by atoms with Gasteiger partial charge in [-0.1, -0.05) is 35.0 Å². The molecule has 4 aromatic rings. The molecule has 0 aliphatic carbocycles. The predicted octanol–water partition coefficient (Wildman–Crippen LogP) is 7.18. The van der Waals surface area contributed by atoms with Crippen molar-refractivity contribution >= 4 is 57.3 Å². The van der Waals surface area contributed by atoms with Crippen LogP contribution < -0.4 is 10.1 Å². The summed E-state index contributed by atoms with van der Waals surface area (Å²) in [5, 5.41) is 15.6. The third kappa shape index (κ3) is 5.95. The average Bonchev–Trinajstić information content (AvgIpc) is 3.32. The van der Waals surface area contributed by atoms with Gasteiger partial charge in [0.2, 0.25) is 5.91 Å². The van der Waals surface area contributed by atoms with Crippen molar-refractivity contribution in [2.24, 2.45) is 0 Å². The second-order valence-corrected chi connectivity index (χ2v) is 10.3. The maximum absolute atomic E-state index is 12.9. The largest absolute Gasteiger partial charge is 0.497 e. The minimum absolute atomic E-state index is 0.251. The Kier molecular flexibility index (Phi) is 7.93. The maximum atomic E-state index is 12.9. The normalized spacial score (nSPS) is 11.5. The van der Waals surface area contributed by atoms with Crippen LogP contribution in [0.5, 0.6) is 5.75 Å². The van der Waals surface area contributed by atoms with Gasteiger partial charge in [0, 0.05) is 21.5 Å². The number of thiazole rings is 1. The lowest BCUT2D eigenvalue weighted by Crippen LogP contribution is -2.22. The topological polar surface area (TPSA) is 87.9 Å². The number of ether oxygens (including phenoxy) is 1. The van der Waals surface area contributed by atoms with E-state index in [9.17, 15) is 10.1 Å². The third-order valence-corrected chi connectivity index (χ3v) is 7.37. The smallest absolute Gasteiger partial charge is 0.239 e. The number of methoxy groups -OCH3 is 1. The summed E-state index contributed by atoms with van der Waals surface area (Å²) in [6.45, 7) is 1.76. The van der Waals surface area contributed by atoms with E-state index in [1.165, 1.54) is 23.1 Å². The van der Waals surface area contributed by atoms with E-state index < -0.39 is 5.25 Å². The number of carbonyl (C=O) groups excluding carboxylic acids is 1. The molecule has 1 amide bonds. The predicted molar refractivity (Wildman–Crippen MR) is 142 cm³/mol. The van der Waals surface area contributed by atoms with Crippen LogP contribution in [0.1, 0.15) is 12.5 Å². The summed E-state index contributed by atoms with van der Waals surface area (Å²) in [4.78, 5) is 22.0. The first kappa shape index (κ1) is 25.0. The molecule has 2 heterocycles. The maximum Gasteiger partial charge on any atom is 0.239 e. The van der Waals surface area contributed by atoms with Gasteiger partial charge in [0.25, 0.3) is 0 Å². The highest BCUT2D eigenvalue weighted by Crippen LogP contribution is 2.33. The molecule has 4 rings (SSSR count). The zero-order valence-electron chi connectivity index (χ0n) is 18.6. The van der Waals surface area contributed by atoms with Gasteiger partial charge in [-0.2, -0.15) is 5.26 Å². The molecule has 0 saturated heterocycles. The summed E-state index contributed by atoms with van der Waals surface area (Å²) < 4.78 is 5.20. The number of thioether (sulfide) groups is 1. The monoisotopic (exact) mass is 540 g/mol. The SMILES string of the molecule is COc1ccc(-c2ccc(C#N)c(SC(C)C(=O)Nc3nc(-c4ccc(Cl)cc4Cl)cs3)n2)cc1. The molecule has 6 nitrogen and oxygen atoms in total. The lowest BCUT2D eigenvalue weighted by molar-refractivity contribution is -0.115. The van der Waals surface area contributed by atoms with Crippen molar-refractivity contribution < 1.29 is 9.53 Å². The number of anilines is 1. The number of pyridine rings is 1. The number of hydrogen-bond donors (Lipinski definition) is 1. The zero-order chi connectivity index (χ0) is 24.9. The fourth-order valence-corrected chi connectivity index (χ4v) is 5.23. The van der Waals surface area contributed by atoms with Crippen molar-refractivity contribution in [1.82, 2.24) is 9.97 Å². The Morgan fingerprint density at radius 1 is 1.11 bits per heavy atom. The first-order chi connectivity index (χ1) is 16.9. The van der Waals surface area contributed by atoms with Crippen molar-refractivity contribution in [3.8, 4) is 34.3 Å². The molecule has 0 bridgehead atoms. The van der Waals surface area contributed by atoms with Crippen molar-refractivity contribution in [2.75, 3.05) is 12.4 Å². The van der Waals surface area contributed by atoms with E-state index in [1.54, 1.807) is 44.4 Å². The second kappa shape index (κ2) is 11.1. The average molecular weight is 541 g/mol. The first-order valence-electron chi connectivity index (χ1n) is 10.3. The summed E-state index contributed by atoms with van der Waals surface area (Å²) in [7, 11) is 1.61. The zero-order valence-corrected chi connectivity index (χ0v) is 21.7. The van der Waals surface area contributed by atoms with Gasteiger partial charge in [0.15, 0.2) is 5.13 Å². The van der Waals surface area contributed by atoms with Gasteiger partial charge in [-0.15, -0.1) is 11.3 Å². The Bertz CT molecular complexity index is 1420. The van der Waals surface area contributed by atoms with E-state index in [-0.39, 0.29) is 5.91 Å². The van der Waals surface area contributed by atoms with E-state index in [0.29, 0.717) is 37.2 Å².